The Morgan fingerprint density at radius 2 is 2.19 bits per heavy atom. The van der Waals surface area contributed by atoms with Crippen molar-refractivity contribution in [2.45, 2.75) is 46.5 Å². The third kappa shape index (κ3) is 3.58. The van der Waals surface area contributed by atoms with E-state index in [4.69, 9.17) is 0 Å². The van der Waals surface area contributed by atoms with Crippen molar-refractivity contribution < 1.29 is 0 Å². The van der Waals surface area contributed by atoms with E-state index in [1.165, 1.54) is 23.3 Å². The average Bonchev–Trinajstić information content (AvgIpc) is 3.07. The van der Waals surface area contributed by atoms with Crippen molar-refractivity contribution >= 4 is 33.6 Å². The number of thiophene rings is 1. The molecule has 4 rings (SSSR count). The van der Waals surface area contributed by atoms with E-state index in [1.807, 2.05) is 29.5 Å². The Morgan fingerprint density at radius 3 is 2.96 bits per heavy atom. The highest BCUT2D eigenvalue weighted by Crippen LogP contribution is 2.45. The van der Waals surface area contributed by atoms with E-state index in [-0.39, 0.29) is 0 Å². The SMILES string of the molecule is CCC(C)(C)C1CCc2sc3ncnc(N/N=C/c4ccccn4)c3c2C1. The lowest BCUT2D eigenvalue weighted by atomic mass is 9.69. The number of rotatable bonds is 5. The van der Waals surface area contributed by atoms with Crippen molar-refractivity contribution in [1.29, 1.82) is 0 Å². The summed E-state index contributed by atoms with van der Waals surface area (Å²) in [4.78, 5) is 15.8. The molecule has 0 amide bonds. The summed E-state index contributed by atoms with van der Waals surface area (Å²) in [5.74, 6) is 1.48. The molecule has 0 spiro atoms. The number of fused-ring (bicyclic) bond motifs is 3. The maximum Gasteiger partial charge on any atom is 0.158 e. The summed E-state index contributed by atoms with van der Waals surface area (Å²) in [7, 11) is 0. The lowest BCUT2D eigenvalue weighted by molar-refractivity contribution is 0.184. The molecule has 27 heavy (non-hydrogen) atoms. The Hall–Kier alpha value is -2.34. The maximum absolute atomic E-state index is 4.52. The van der Waals surface area contributed by atoms with E-state index in [9.17, 15) is 0 Å². The van der Waals surface area contributed by atoms with Gasteiger partial charge in [-0.2, -0.15) is 5.10 Å². The highest BCUT2D eigenvalue weighted by atomic mass is 32.1. The van der Waals surface area contributed by atoms with Gasteiger partial charge >= 0.3 is 0 Å². The van der Waals surface area contributed by atoms with E-state index in [0.29, 0.717) is 11.3 Å². The van der Waals surface area contributed by atoms with Crippen LogP contribution in [0.1, 0.15) is 49.7 Å². The van der Waals surface area contributed by atoms with Crippen LogP contribution in [0.4, 0.5) is 5.82 Å². The lowest BCUT2D eigenvalue weighted by Gasteiger charge is -2.36. The fraction of sp³-hybridized carbons (Fsp3) is 0.429. The Morgan fingerprint density at radius 1 is 1.30 bits per heavy atom. The lowest BCUT2D eigenvalue weighted by Crippen LogP contribution is -2.28. The van der Waals surface area contributed by atoms with Crippen LogP contribution in [0.25, 0.3) is 10.2 Å². The van der Waals surface area contributed by atoms with Crippen LogP contribution in [-0.2, 0) is 12.8 Å². The molecule has 1 unspecified atom stereocenters. The number of hydrogen-bond donors (Lipinski definition) is 1. The molecule has 0 saturated heterocycles. The minimum atomic E-state index is 0.353. The van der Waals surface area contributed by atoms with Gasteiger partial charge in [0.1, 0.15) is 11.2 Å². The topological polar surface area (TPSA) is 63.1 Å². The second kappa shape index (κ2) is 7.35. The molecule has 0 fully saturated rings. The smallest absolute Gasteiger partial charge is 0.158 e. The molecule has 3 heterocycles. The Labute approximate surface area is 164 Å². The monoisotopic (exact) mass is 379 g/mol. The second-order valence-corrected chi connectivity index (χ2v) is 8.90. The highest BCUT2D eigenvalue weighted by molar-refractivity contribution is 7.19. The number of hydrazone groups is 1. The molecule has 3 aromatic rings. The zero-order chi connectivity index (χ0) is 18.9. The molecule has 0 aliphatic heterocycles. The summed E-state index contributed by atoms with van der Waals surface area (Å²) >= 11 is 1.81. The van der Waals surface area contributed by atoms with Crippen molar-refractivity contribution in [2.75, 3.05) is 5.43 Å². The number of aromatic nitrogens is 3. The molecule has 0 aromatic carbocycles. The summed E-state index contributed by atoms with van der Waals surface area (Å²) in [6.07, 6.45) is 9.80. The average molecular weight is 380 g/mol. The number of nitrogens with zero attached hydrogens (tertiary/aromatic N) is 4. The van der Waals surface area contributed by atoms with Gasteiger partial charge in [0.25, 0.3) is 0 Å². The molecular weight excluding hydrogens is 354 g/mol. The van der Waals surface area contributed by atoms with Gasteiger partial charge in [-0.1, -0.05) is 33.3 Å². The Balaban J connectivity index is 1.65. The summed E-state index contributed by atoms with van der Waals surface area (Å²) < 4.78 is 0. The molecule has 140 valence electrons. The number of aryl methyl sites for hydroxylation is 1. The van der Waals surface area contributed by atoms with Crippen molar-refractivity contribution in [3.8, 4) is 0 Å². The van der Waals surface area contributed by atoms with Gasteiger partial charge in [-0.25, -0.2) is 9.97 Å². The second-order valence-electron chi connectivity index (χ2n) is 7.81. The molecule has 1 aliphatic carbocycles. The summed E-state index contributed by atoms with van der Waals surface area (Å²) in [6.45, 7) is 7.08. The molecule has 0 saturated carbocycles. The fourth-order valence-electron chi connectivity index (χ4n) is 3.76. The molecule has 3 aromatic heterocycles. The van der Waals surface area contributed by atoms with Crippen molar-refractivity contribution in [3.05, 3.63) is 46.9 Å². The van der Waals surface area contributed by atoms with Gasteiger partial charge in [-0.3, -0.25) is 10.4 Å². The number of pyridine rings is 1. The van der Waals surface area contributed by atoms with Crippen LogP contribution in [0.5, 0.6) is 0 Å². The van der Waals surface area contributed by atoms with Crippen molar-refractivity contribution in [3.63, 3.8) is 0 Å². The van der Waals surface area contributed by atoms with Crippen LogP contribution in [0, 0.1) is 11.3 Å². The minimum absolute atomic E-state index is 0.353. The van der Waals surface area contributed by atoms with E-state index >= 15 is 0 Å². The first-order valence-corrected chi connectivity index (χ1v) is 10.4. The predicted octanol–water partition coefficient (Wildman–Crippen LogP) is 5.07. The van der Waals surface area contributed by atoms with Gasteiger partial charge < -0.3 is 0 Å². The Bertz CT molecular complexity index is 961. The van der Waals surface area contributed by atoms with Gasteiger partial charge in [0.15, 0.2) is 5.82 Å². The first-order chi connectivity index (χ1) is 13.1. The van der Waals surface area contributed by atoms with Crippen LogP contribution >= 0.6 is 11.3 Å². The molecule has 1 atom stereocenters. The van der Waals surface area contributed by atoms with Gasteiger partial charge in [0.05, 0.1) is 17.3 Å². The quantitative estimate of drug-likeness (QED) is 0.496. The largest absolute Gasteiger partial charge is 0.261 e. The normalized spacial score (nSPS) is 17.4. The van der Waals surface area contributed by atoms with Gasteiger partial charge in [0, 0.05) is 11.1 Å². The third-order valence-corrected chi connectivity index (χ3v) is 7.11. The van der Waals surface area contributed by atoms with Crippen LogP contribution in [0.2, 0.25) is 0 Å². The maximum atomic E-state index is 4.52. The molecule has 5 nitrogen and oxygen atoms in total. The minimum Gasteiger partial charge on any atom is -0.261 e. The molecule has 1 aliphatic rings. The number of anilines is 1. The molecule has 1 N–H and O–H groups in total. The van der Waals surface area contributed by atoms with E-state index < -0.39 is 0 Å². The molecule has 6 heteroatoms. The van der Waals surface area contributed by atoms with Crippen LogP contribution < -0.4 is 5.43 Å². The van der Waals surface area contributed by atoms with Gasteiger partial charge in [-0.05, 0) is 48.3 Å². The zero-order valence-corrected chi connectivity index (χ0v) is 16.9. The summed E-state index contributed by atoms with van der Waals surface area (Å²) in [5.41, 5.74) is 5.71. The van der Waals surface area contributed by atoms with E-state index in [0.717, 1.165) is 34.6 Å². The summed E-state index contributed by atoms with van der Waals surface area (Å²) in [5, 5.41) is 5.50. The number of nitrogens with one attached hydrogen (secondary N) is 1. The Kier molecular flexibility index (Phi) is 4.91. The standard InChI is InChI=1S/C21H25N5S/c1-4-21(2,3)14-8-9-17-16(11-14)18-19(23-13-24-20(18)27-17)26-25-12-15-7-5-6-10-22-15/h5-7,10,12-14H,4,8-9,11H2,1-3H3,(H,23,24,26)/b25-12+. The van der Waals surface area contributed by atoms with Crippen LogP contribution in [-0.4, -0.2) is 21.2 Å². The van der Waals surface area contributed by atoms with Crippen molar-refractivity contribution in [1.82, 2.24) is 15.0 Å². The zero-order valence-electron chi connectivity index (χ0n) is 16.1. The predicted molar refractivity (Wildman–Crippen MR) is 112 cm³/mol. The van der Waals surface area contributed by atoms with Crippen molar-refractivity contribution in [2.24, 2.45) is 16.4 Å². The van der Waals surface area contributed by atoms with Gasteiger partial charge in [-0.15, -0.1) is 11.3 Å². The highest BCUT2D eigenvalue weighted by Gasteiger charge is 2.33. The molecular formula is C21H25N5S. The first kappa shape index (κ1) is 18.0. The number of hydrogen-bond acceptors (Lipinski definition) is 6. The van der Waals surface area contributed by atoms with Gasteiger partial charge in [0.2, 0.25) is 0 Å². The molecule has 0 radical (unpaired) electrons. The third-order valence-electron chi connectivity index (χ3n) is 5.91. The fourth-order valence-corrected chi connectivity index (χ4v) is 4.94. The van der Waals surface area contributed by atoms with Crippen LogP contribution in [0.3, 0.4) is 0 Å². The summed E-state index contributed by atoms with van der Waals surface area (Å²) in [6, 6.07) is 5.76. The van der Waals surface area contributed by atoms with Crippen LogP contribution in [0.15, 0.2) is 35.8 Å². The van der Waals surface area contributed by atoms with E-state index in [2.05, 4.69) is 46.3 Å². The first-order valence-electron chi connectivity index (χ1n) is 9.54. The van der Waals surface area contributed by atoms with E-state index in [1.54, 1.807) is 18.7 Å². The molecule has 0 bridgehead atoms.